The zero-order valence-electron chi connectivity index (χ0n) is 6.89. The summed E-state index contributed by atoms with van der Waals surface area (Å²) >= 11 is 0. The van der Waals surface area contributed by atoms with Gasteiger partial charge in [0.1, 0.15) is 0 Å². The van der Waals surface area contributed by atoms with Crippen LogP contribution in [0.5, 0.6) is 0 Å². The topological polar surface area (TPSA) is 46.5 Å². The smallest absolute Gasteiger partial charge is 1.00 e. The Bertz CT molecular complexity index is 71.5. The van der Waals surface area contributed by atoms with Crippen molar-refractivity contribution in [2.75, 3.05) is 13.7 Å². The Morgan fingerprint density at radius 2 is 2.38 bits per heavy atom. The van der Waals surface area contributed by atoms with Crippen molar-refractivity contribution >= 4 is 54.9 Å². The third-order valence-electron chi connectivity index (χ3n) is 0.520. The van der Waals surface area contributed by atoms with Gasteiger partial charge < -0.3 is 12.7 Å². The quantitative estimate of drug-likeness (QED) is 0.707. The van der Waals surface area contributed by atoms with Crippen LogP contribution in [0.1, 0.15) is 9.27 Å². The van der Waals surface area contributed by atoms with E-state index in [1.165, 1.54) is 7.11 Å². The summed E-state index contributed by atoms with van der Waals surface area (Å²) in [6, 6.07) is 0. The van der Waals surface area contributed by atoms with E-state index in [2.05, 4.69) is 4.74 Å². The molecule has 0 unspecified atom stereocenters. The molecule has 0 aliphatic heterocycles. The molecular weight excluding hydrogens is 233 g/mol. The molecule has 0 spiro atoms. The molecular formula is C4H10BaO3. The molecule has 0 saturated heterocycles. The van der Waals surface area contributed by atoms with Gasteiger partial charge in [0, 0.05) is 7.11 Å². The summed E-state index contributed by atoms with van der Waals surface area (Å²) in [5.74, 6) is -0.818. The third kappa shape index (κ3) is 10.1. The van der Waals surface area contributed by atoms with E-state index in [1.54, 1.807) is 0 Å². The van der Waals surface area contributed by atoms with Crippen LogP contribution >= 0.6 is 0 Å². The van der Waals surface area contributed by atoms with Crippen molar-refractivity contribution in [1.82, 2.24) is 0 Å². The fraction of sp³-hybridized carbons (Fsp3) is 0.750. The third-order valence-corrected chi connectivity index (χ3v) is 0.520. The van der Waals surface area contributed by atoms with E-state index in [0.29, 0.717) is 6.61 Å². The van der Waals surface area contributed by atoms with E-state index >= 15 is 0 Å². The molecule has 4 heteroatoms. The fourth-order valence-corrected chi connectivity index (χ4v) is 0.189. The second kappa shape index (κ2) is 8.00. The number of methoxy groups -OCH3 is 1. The number of carboxylic acids is 1. The van der Waals surface area contributed by atoms with Crippen LogP contribution in [-0.4, -0.2) is 73.7 Å². The average molecular weight is 243 g/mol. The minimum atomic E-state index is -0.818. The zero-order chi connectivity index (χ0) is 5.70. The molecule has 0 aliphatic carbocycles. The van der Waals surface area contributed by atoms with Gasteiger partial charge in [-0.25, -0.2) is 0 Å². The Labute approximate surface area is 91.4 Å². The molecule has 1 N–H and O–H groups in total. The summed E-state index contributed by atoms with van der Waals surface area (Å²) in [7, 11) is 1.48. The molecule has 0 aromatic carbocycles. The number of carboxylic acid groups (broad SMARTS) is 1. The molecule has 0 rings (SSSR count). The Morgan fingerprint density at radius 1 is 1.88 bits per heavy atom. The fourth-order valence-electron chi connectivity index (χ4n) is 0.189. The molecule has 8 heavy (non-hydrogen) atoms. The molecule has 0 heterocycles. The average Bonchev–Trinajstić information content (AvgIpc) is 1.61. The second-order valence-electron chi connectivity index (χ2n) is 1.14. The predicted molar refractivity (Wildman–Crippen MR) is 32.1 cm³/mol. The molecule has 0 saturated carbocycles. The first-order valence-electron chi connectivity index (χ1n) is 1.98. The maximum Gasteiger partial charge on any atom is 2.00 e. The van der Waals surface area contributed by atoms with Crippen LogP contribution in [-0.2, 0) is 9.53 Å². The van der Waals surface area contributed by atoms with Gasteiger partial charge in [0.2, 0.25) is 0 Å². The SMILES string of the molecule is COCCC(=O)O.[Ba+2].[H-].[H-]. The van der Waals surface area contributed by atoms with Crippen molar-refractivity contribution in [2.45, 2.75) is 6.42 Å². The van der Waals surface area contributed by atoms with E-state index in [4.69, 9.17) is 5.11 Å². The van der Waals surface area contributed by atoms with Crippen molar-refractivity contribution in [3.63, 3.8) is 0 Å². The number of hydrogen-bond acceptors (Lipinski definition) is 2. The van der Waals surface area contributed by atoms with Gasteiger partial charge in [-0.2, -0.15) is 0 Å². The van der Waals surface area contributed by atoms with E-state index in [-0.39, 0.29) is 58.2 Å². The number of aliphatic carboxylic acids is 1. The number of hydrogen-bond donors (Lipinski definition) is 1. The summed E-state index contributed by atoms with van der Waals surface area (Å²) in [5, 5.41) is 7.96. The molecule has 0 fully saturated rings. The van der Waals surface area contributed by atoms with Crippen molar-refractivity contribution in [1.29, 1.82) is 0 Å². The number of rotatable bonds is 3. The van der Waals surface area contributed by atoms with Crippen LogP contribution < -0.4 is 0 Å². The van der Waals surface area contributed by atoms with Crippen LogP contribution in [0, 0.1) is 0 Å². The number of carbonyl (C=O) groups is 1. The van der Waals surface area contributed by atoms with Crippen LogP contribution in [0.15, 0.2) is 0 Å². The maximum absolute atomic E-state index is 9.68. The predicted octanol–water partition coefficient (Wildman–Crippen LogP) is -0.0483. The Hall–Kier alpha value is 1.00. The molecule has 0 bridgehead atoms. The molecule has 0 aromatic heterocycles. The van der Waals surface area contributed by atoms with Crippen molar-refractivity contribution in [3.8, 4) is 0 Å². The van der Waals surface area contributed by atoms with Gasteiger partial charge in [-0.15, -0.1) is 0 Å². The molecule has 0 aliphatic rings. The Kier molecular flexibility index (Phi) is 11.8. The van der Waals surface area contributed by atoms with Gasteiger partial charge in [-0.3, -0.25) is 4.79 Å². The molecule has 0 aromatic rings. The summed E-state index contributed by atoms with van der Waals surface area (Å²) in [5.41, 5.74) is 0. The van der Waals surface area contributed by atoms with Gasteiger partial charge in [0.25, 0.3) is 0 Å². The van der Waals surface area contributed by atoms with Gasteiger partial charge in [0.05, 0.1) is 13.0 Å². The van der Waals surface area contributed by atoms with Crippen LogP contribution in [0.25, 0.3) is 0 Å². The largest absolute Gasteiger partial charge is 2.00 e. The molecule has 3 nitrogen and oxygen atoms in total. The first-order chi connectivity index (χ1) is 3.27. The van der Waals surface area contributed by atoms with Crippen molar-refractivity contribution < 1.29 is 17.5 Å². The standard InChI is InChI=1S/C4H8O3.Ba.2H/c1-7-3-2-4(5)6;;;/h2-3H2,1H3,(H,5,6);;;/q;+2;2*-1. The van der Waals surface area contributed by atoms with Gasteiger partial charge in [-0.05, 0) is 0 Å². The van der Waals surface area contributed by atoms with E-state index < -0.39 is 5.97 Å². The summed E-state index contributed by atoms with van der Waals surface area (Å²) in [4.78, 5) is 9.68. The second-order valence-corrected chi connectivity index (χ2v) is 1.14. The van der Waals surface area contributed by atoms with Gasteiger partial charge in [-0.1, -0.05) is 0 Å². The first-order valence-corrected chi connectivity index (χ1v) is 1.98. The van der Waals surface area contributed by atoms with E-state index in [0.717, 1.165) is 0 Å². The van der Waals surface area contributed by atoms with Crippen LogP contribution in [0.2, 0.25) is 0 Å². The van der Waals surface area contributed by atoms with Crippen LogP contribution in [0.4, 0.5) is 0 Å². The zero-order valence-corrected chi connectivity index (χ0v) is 9.33. The van der Waals surface area contributed by atoms with Crippen molar-refractivity contribution in [3.05, 3.63) is 0 Å². The first kappa shape index (κ1) is 11.8. The van der Waals surface area contributed by atoms with E-state index in [9.17, 15) is 4.79 Å². The van der Waals surface area contributed by atoms with Gasteiger partial charge >= 0.3 is 54.9 Å². The molecule has 0 amide bonds. The minimum Gasteiger partial charge on any atom is -1.00 e. The Morgan fingerprint density at radius 3 is 2.50 bits per heavy atom. The molecule has 46 valence electrons. The van der Waals surface area contributed by atoms with E-state index in [1.807, 2.05) is 0 Å². The van der Waals surface area contributed by atoms with Gasteiger partial charge in [0.15, 0.2) is 0 Å². The molecule has 0 atom stereocenters. The summed E-state index contributed by atoms with van der Waals surface area (Å²) in [6.07, 6.45) is 0.0938. The monoisotopic (exact) mass is 244 g/mol. The minimum absolute atomic E-state index is 0. The maximum atomic E-state index is 9.68. The number of ether oxygens (including phenoxy) is 1. The summed E-state index contributed by atoms with van der Waals surface area (Å²) < 4.78 is 4.47. The Balaban J connectivity index is -0.0000000600. The van der Waals surface area contributed by atoms with Crippen LogP contribution in [0.3, 0.4) is 0 Å². The van der Waals surface area contributed by atoms with Crippen molar-refractivity contribution in [2.24, 2.45) is 0 Å². The normalized spacial score (nSPS) is 7.62. The molecule has 0 radical (unpaired) electrons. The summed E-state index contributed by atoms with van der Waals surface area (Å²) in [6.45, 7) is 0.301.